The Bertz CT molecular complexity index is 518. The van der Waals surface area contributed by atoms with Crippen LogP contribution in [0.1, 0.15) is 10.5 Å². The molecule has 70 valence electrons. The number of H-pyrrole nitrogens is 1. The van der Waals surface area contributed by atoms with Crippen molar-refractivity contribution in [1.82, 2.24) is 10.2 Å². The van der Waals surface area contributed by atoms with Crippen molar-refractivity contribution in [3.05, 3.63) is 34.0 Å². The van der Waals surface area contributed by atoms with Crippen molar-refractivity contribution in [3.63, 3.8) is 0 Å². The first-order chi connectivity index (χ1) is 6.74. The summed E-state index contributed by atoms with van der Waals surface area (Å²) in [6.45, 7) is 0. The number of aromatic nitrogens is 2. The Morgan fingerprint density at radius 1 is 1.50 bits per heavy atom. The Hall–Kier alpha value is -2.24. The quantitative estimate of drug-likeness (QED) is 0.440. The van der Waals surface area contributed by atoms with Gasteiger partial charge < -0.3 is 0 Å². The maximum absolute atomic E-state index is 10.6. The average Bonchev–Trinajstić information content (AvgIpc) is 2.59. The molecule has 1 heterocycles. The van der Waals surface area contributed by atoms with Gasteiger partial charge in [-0.3, -0.25) is 20.0 Å². The zero-order valence-corrected chi connectivity index (χ0v) is 6.93. The number of nitrogens with one attached hydrogen (secondary N) is 1. The highest BCUT2D eigenvalue weighted by Crippen LogP contribution is 2.25. The molecule has 0 amide bonds. The van der Waals surface area contributed by atoms with Crippen molar-refractivity contribution in [2.24, 2.45) is 0 Å². The van der Waals surface area contributed by atoms with Crippen LogP contribution in [-0.4, -0.2) is 21.4 Å². The van der Waals surface area contributed by atoms with E-state index in [1.54, 1.807) is 6.07 Å². The predicted molar refractivity (Wildman–Crippen MR) is 48.1 cm³/mol. The van der Waals surface area contributed by atoms with E-state index in [4.69, 9.17) is 0 Å². The first kappa shape index (κ1) is 8.36. The number of carbonyl (C=O) groups is 1. The molecule has 0 aliphatic rings. The number of aldehydes is 1. The Morgan fingerprint density at radius 3 is 2.93 bits per heavy atom. The SMILES string of the molecule is O=Cc1[nH]nc2cccc([N+](=O)[O-])c12. The minimum Gasteiger partial charge on any atom is -0.296 e. The van der Waals surface area contributed by atoms with Gasteiger partial charge >= 0.3 is 0 Å². The van der Waals surface area contributed by atoms with Gasteiger partial charge in [0.2, 0.25) is 0 Å². The Kier molecular flexibility index (Phi) is 1.74. The molecule has 1 aromatic heterocycles. The lowest BCUT2D eigenvalue weighted by Gasteiger charge is -1.92. The average molecular weight is 191 g/mol. The van der Waals surface area contributed by atoms with Crippen molar-refractivity contribution in [2.75, 3.05) is 0 Å². The molecule has 0 atom stereocenters. The van der Waals surface area contributed by atoms with Gasteiger partial charge in [-0.05, 0) is 6.07 Å². The number of carbonyl (C=O) groups excluding carboxylic acids is 1. The summed E-state index contributed by atoms with van der Waals surface area (Å²) >= 11 is 0. The lowest BCUT2D eigenvalue weighted by atomic mass is 10.2. The maximum Gasteiger partial charge on any atom is 0.281 e. The number of hydrogen-bond acceptors (Lipinski definition) is 4. The molecule has 0 aliphatic carbocycles. The first-order valence-corrected chi connectivity index (χ1v) is 3.80. The molecule has 2 aromatic rings. The molecule has 0 radical (unpaired) electrons. The summed E-state index contributed by atoms with van der Waals surface area (Å²) in [5, 5.41) is 17.1. The van der Waals surface area contributed by atoms with E-state index >= 15 is 0 Å². The van der Waals surface area contributed by atoms with Crippen molar-refractivity contribution < 1.29 is 9.72 Å². The van der Waals surface area contributed by atoms with E-state index in [0.717, 1.165) is 0 Å². The third-order valence-corrected chi connectivity index (χ3v) is 1.90. The summed E-state index contributed by atoms with van der Waals surface area (Å²) in [6.07, 6.45) is 0.516. The fraction of sp³-hybridized carbons (Fsp3) is 0. The zero-order chi connectivity index (χ0) is 10.1. The van der Waals surface area contributed by atoms with Gasteiger partial charge in [0.15, 0.2) is 6.29 Å². The number of rotatable bonds is 2. The van der Waals surface area contributed by atoms with E-state index in [0.29, 0.717) is 11.8 Å². The minimum absolute atomic E-state index is 0.113. The molecule has 0 unspecified atom stereocenters. The molecule has 1 aromatic carbocycles. The molecule has 2 rings (SSSR count). The number of hydrogen-bond donors (Lipinski definition) is 1. The molecule has 14 heavy (non-hydrogen) atoms. The fourth-order valence-corrected chi connectivity index (χ4v) is 1.31. The van der Waals surface area contributed by atoms with Crippen LogP contribution < -0.4 is 0 Å². The number of nitro groups is 1. The summed E-state index contributed by atoms with van der Waals surface area (Å²) in [5.41, 5.74) is 0.437. The van der Waals surface area contributed by atoms with Gasteiger partial charge in [-0.25, -0.2) is 0 Å². The molecular weight excluding hydrogens is 186 g/mol. The number of non-ortho nitro benzene ring substituents is 1. The molecule has 1 N–H and O–H groups in total. The monoisotopic (exact) mass is 191 g/mol. The summed E-state index contributed by atoms with van der Waals surface area (Å²) in [4.78, 5) is 20.7. The fourth-order valence-electron chi connectivity index (χ4n) is 1.31. The maximum atomic E-state index is 10.6. The molecule has 0 aliphatic heterocycles. The molecule has 0 saturated carbocycles. The molecule has 0 bridgehead atoms. The molecule has 0 spiro atoms. The first-order valence-electron chi connectivity index (χ1n) is 3.80. The summed E-state index contributed by atoms with van der Waals surface area (Å²) in [5.74, 6) is 0. The summed E-state index contributed by atoms with van der Waals surface area (Å²) < 4.78 is 0. The van der Waals surface area contributed by atoms with Gasteiger partial charge in [-0.15, -0.1) is 0 Å². The van der Waals surface area contributed by atoms with Crippen LogP contribution in [0.3, 0.4) is 0 Å². The van der Waals surface area contributed by atoms with Gasteiger partial charge in [0.05, 0.1) is 10.4 Å². The van der Waals surface area contributed by atoms with Gasteiger partial charge in [0.1, 0.15) is 11.1 Å². The topological polar surface area (TPSA) is 88.9 Å². The van der Waals surface area contributed by atoms with Crippen LogP contribution >= 0.6 is 0 Å². The Labute approximate surface area is 77.7 Å². The van der Waals surface area contributed by atoms with Gasteiger partial charge in [0, 0.05) is 6.07 Å². The summed E-state index contributed by atoms with van der Waals surface area (Å²) in [7, 11) is 0. The highest BCUT2D eigenvalue weighted by molar-refractivity contribution is 6.00. The Balaban J connectivity index is 2.88. The van der Waals surface area contributed by atoms with E-state index in [2.05, 4.69) is 10.2 Å². The lowest BCUT2D eigenvalue weighted by Crippen LogP contribution is -1.90. The number of nitro benzene ring substituents is 1. The lowest BCUT2D eigenvalue weighted by molar-refractivity contribution is -0.383. The van der Waals surface area contributed by atoms with Crippen molar-refractivity contribution in [3.8, 4) is 0 Å². The van der Waals surface area contributed by atoms with Crippen LogP contribution in [0.2, 0.25) is 0 Å². The third kappa shape index (κ3) is 1.05. The van der Waals surface area contributed by atoms with Crippen LogP contribution in [0.25, 0.3) is 10.9 Å². The van der Waals surface area contributed by atoms with Crippen molar-refractivity contribution in [1.29, 1.82) is 0 Å². The van der Waals surface area contributed by atoms with E-state index < -0.39 is 4.92 Å². The molecule has 6 nitrogen and oxygen atoms in total. The van der Waals surface area contributed by atoms with Crippen molar-refractivity contribution in [2.45, 2.75) is 0 Å². The van der Waals surface area contributed by atoms with Crippen LogP contribution in [0.4, 0.5) is 5.69 Å². The second kappa shape index (κ2) is 2.91. The van der Waals surface area contributed by atoms with E-state index in [9.17, 15) is 14.9 Å². The van der Waals surface area contributed by atoms with Crippen LogP contribution in [0, 0.1) is 10.1 Å². The van der Waals surface area contributed by atoms with Crippen LogP contribution in [0.5, 0.6) is 0 Å². The number of nitrogens with zero attached hydrogens (tertiary/aromatic N) is 2. The van der Waals surface area contributed by atoms with Crippen molar-refractivity contribution >= 4 is 22.9 Å². The third-order valence-electron chi connectivity index (χ3n) is 1.90. The predicted octanol–water partition coefficient (Wildman–Crippen LogP) is 1.28. The second-order valence-electron chi connectivity index (χ2n) is 2.68. The smallest absolute Gasteiger partial charge is 0.281 e. The zero-order valence-electron chi connectivity index (χ0n) is 6.93. The largest absolute Gasteiger partial charge is 0.296 e. The highest BCUT2D eigenvalue weighted by atomic mass is 16.6. The van der Waals surface area contributed by atoms with Gasteiger partial charge in [-0.2, -0.15) is 5.10 Å². The van der Waals surface area contributed by atoms with E-state index in [1.165, 1.54) is 12.1 Å². The van der Waals surface area contributed by atoms with E-state index in [-0.39, 0.29) is 16.8 Å². The highest BCUT2D eigenvalue weighted by Gasteiger charge is 2.16. The molecule has 0 fully saturated rings. The number of aromatic amines is 1. The van der Waals surface area contributed by atoms with Gasteiger partial charge in [0.25, 0.3) is 5.69 Å². The number of benzene rings is 1. The van der Waals surface area contributed by atoms with Crippen LogP contribution in [-0.2, 0) is 0 Å². The normalized spacial score (nSPS) is 10.3. The number of fused-ring (bicyclic) bond motifs is 1. The minimum atomic E-state index is -0.537. The second-order valence-corrected chi connectivity index (χ2v) is 2.68. The standard InChI is InChI=1S/C8H5N3O3/c12-4-6-8-5(9-10-6)2-1-3-7(8)11(13)14/h1-4H,(H,9,10). The molecule has 6 heteroatoms. The van der Waals surface area contributed by atoms with Crippen LogP contribution in [0.15, 0.2) is 18.2 Å². The Morgan fingerprint density at radius 2 is 2.29 bits per heavy atom. The molecule has 0 saturated heterocycles. The molecular formula is C8H5N3O3. The van der Waals surface area contributed by atoms with E-state index in [1.807, 2.05) is 0 Å². The van der Waals surface area contributed by atoms with Gasteiger partial charge in [-0.1, -0.05) is 6.07 Å². The summed E-state index contributed by atoms with van der Waals surface area (Å²) in [6, 6.07) is 4.46.